The van der Waals surface area contributed by atoms with E-state index in [-0.39, 0.29) is 11.9 Å². The Hall–Kier alpha value is -2.59. The fourth-order valence-corrected chi connectivity index (χ4v) is 2.94. The van der Waals surface area contributed by atoms with Gasteiger partial charge in [-0.25, -0.2) is 0 Å². The summed E-state index contributed by atoms with van der Waals surface area (Å²) in [5.74, 6) is 0.498. The predicted molar refractivity (Wildman–Crippen MR) is 107 cm³/mol. The number of amides is 1. The Kier molecular flexibility index (Phi) is 6.08. The van der Waals surface area contributed by atoms with Crippen molar-refractivity contribution in [2.24, 2.45) is 0 Å². The third-order valence-corrected chi connectivity index (χ3v) is 4.58. The second-order valence-electron chi connectivity index (χ2n) is 5.98. The minimum atomic E-state index is -0.605. The molecule has 3 aromatic rings. The van der Waals surface area contributed by atoms with Gasteiger partial charge in [0.25, 0.3) is 5.91 Å². The van der Waals surface area contributed by atoms with Crippen LogP contribution in [0.4, 0.5) is 0 Å². The van der Waals surface area contributed by atoms with Crippen molar-refractivity contribution in [3.8, 4) is 5.75 Å². The van der Waals surface area contributed by atoms with E-state index in [9.17, 15) is 4.79 Å². The highest BCUT2D eigenvalue weighted by Crippen LogP contribution is 2.22. The lowest BCUT2D eigenvalue weighted by atomic mass is 9.98. The first-order valence-electron chi connectivity index (χ1n) is 8.46. The van der Waals surface area contributed by atoms with Gasteiger partial charge in [-0.3, -0.25) is 4.79 Å². The van der Waals surface area contributed by atoms with E-state index >= 15 is 0 Å². The van der Waals surface area contributed by atoms with Crippen LogP contribution in [-0.2, 0) is 4.79 Å². The van der Waals surface area contributed by atoms with Crippen LogP contribution in [0.1, 0.15) is 24.1 Å². The van der Waals surface area contributed by atoms with Crippen LogP contribution in [0, 0.1) is 0 Å². The molecule has 3 aromatic carbocycles. The SMILES string of the molecule is C[C@@H](Oc1ccc(Br)cc1)C(=O)NC(c1ccccc1)c1ccccc1. The zero-order valence-corrected chi connectivity index (χ0v) is 16.0. The van der Waals surface area contributed by atoms with Gasteiger partial charge in [-0.2, -0.15) is 0 Å². The summed E-state index contributed by atoms with van der Waals surface area (Å²) in [6, 6.07) is 27.1. The van der Waals surface area contributed by atoms with Crippen LogP contribution in [0.25, 0.3) is 0 Å². The van der Waals surface area contributed by atoms with Gasteiger partial charge in [0.15, 0.2) is 6.10 Å². The predicted octanol–water partition coefficient (Wildman–Crippen LogP) is 5.12. The number of nitrogens with one attached hydrogen (secondary N) is 1. The van der Waals surface area contributed by atoms with E-state index in [0.29, 0.717) is 5.75 Å². The standard InChI is InChI=1S/C22H20BrNO2/c1-16(26-20-14-12-19(23)13-15-20)22(25)24-21(17-8-4-2-5-9-17)18-10-6-3-7-11-18/h2-16,21H,1H3,(H,24,25)/t16-/m1/s1. The van der Waals surface area contributed by atoms with Gasteiger partial charge in [-0.15, -0.1) is 0 Å². The molecular weight excluding hydrogens is 390 g/mol. The van der Waals surface area contributed by atoms with Crippen molar-refractivity contribution in [2.75, 3.05) is 0 Å². The molecule has 3 rings (SSSR count). The summed E-state index contributed by atoms with van der Waals surface area (Å²) >= 11 is 3.39. The van der Waals surface area contributed by atoms with Gasteiger partial charge in [0.1, 0.15) is 5.75 Å². The fourth-order valence-electron chi connectivity index (χ4n) is 2.68. The number of ether oxygens (including phenoxy) is 1. The molecule has 0 saturated carbocycles. The summed E-state index contributed by atoms with van der Waals surface area (Å²) < 4.78 is 6.74. The quantitative estimate of drug-likeness (QED) is 0.613. The molecule has 1 atom stereocenters. The summed E-state index contributed by atoms with van der Waals surface area (Å²) in [6.07, 6.45) is -0.605. The first-order chi connectivity index (χ1) is 12.6. The maximum atomic E-state index is 12.7. The zero-order chi connectivity index (χ0) is 18.4. The average Bonchev–Trinajstić information content (AvgIpc) is 2.69. The molecule has 0 radical (unpaired) electrons. The van der Waals surface area contributed by atoms with Crippen LogP contribution in [0.15, 0.2) is 89.4 Å². The number of halogens is 1. The number of rotatable bonds is 6. The number of hydrogen-bond acceptors (Lipinski definition) is 2. The molecule has 0 spiro atoms. The van der Waals surface area contributed by atoms with Gasteiger partial charge in [-0.05, 0) is 42.3 Å². The molecular formula is C22H20BrNO2. The molecule has 4 heteroatoms. The van der Waals surface area contributed by atoms with E-state index < -0.39 is 6.10 Å². The lowest BCUT2D eigenvalue weighted by Crippen LogP contribution is -2.39. The lowest BCUT2D eigenvalue weighted by molar-refractivity contribution is -0.127. The third-order valence-electron chi connectivity index (χ3n) is 4.05. The highest BCUT2D eigenvalue weighted by atomic mass is 79.9. The molecule has 0 aliphatic heterocycles. The van der Waals surface area contributed by atoms with Crippen molar-refractivity contribution < 1.29 is 9.53 Å². The second-order valence-corrected chi connectivity index (χ2v) is 6.89. The smallest absolute Gasteiger partial charge is 0.261 e. The van der Waals surface area contributed by atoms with Gasteiger partial charge < -0.3 is 10.1 Å². The van der Waals surface area contributed by atoms with E-state index in [4.69, 9.17) is 4.74 Å². The Balaban J connectivity index is 1.75. The summed E-state index contributed by atoms with van der Waals surface area (Å²) in [7, 11) is 0. The molecule has 132 valence electrons. The maximum Gasteiger partial charge on any atom is 0.261 e. The molecule has 3 nitrogen and oxygen atoms in total. The van der Waals surface area contributed by atoms with Crippen LogP contribution in [0.2, 0.25) is 0 Å². The molecule has 0 saturated heterocycles. The first-order valence-corrected chi connectivity index (χ1v) is 9.25. The molecule has 0 aromatic heterocycles. The highest BCUT2D eigenvalue weighted by molar-refractivity contribution is 9.10. The molecule has 1 amide bonds. The van der Waals surface area contributed by atoms with E-state index in [1.54, 1.807) is 6.92 Å². The van der Waals surface area contributed by atoms with Crippen molar-refractivity contribution in [3.63, 3.8) is 0 Å². The number of carbonyl (C=O) groups is 1. The van der Waals surface area contributed by atoms with Gasteiger partial charge in [-0.1, -0.05) is 76.6 Å². The minimum absolute atomic E-state index is 0.161. The van der Waals surface area contributed by atoms with Crippen LogP contribution < -0.4 is 10.1 Å². The molecule has 0 unspecified atom stereocenters. The van der Waals surface area contributed by atoms with Crippen molar-refractivity contribution in [1.29, 1.82) is 0 Å². The molecule has 0 heterocycles. The summed E-state index contributed by atoms with van der Waals surface area (Å²) in [4.78, 5) is 12.7. The number of hydrogen-bond donors (Lipinski definition) is 1. The van der Waals surface area contributed by atoms with Crippen LogP contribution in [0.5, 0.6) is 5.75 Å². The molecule has 1 N–H and O–H groups in total. The largest absolute Gasteiger partial charge is 0.481 e. The van der Waals surface area contributed by atoms with Crippen molar-refractivity contribution >= 4 is 21.8 Å². The Morgan fingerprint density at radius 1 is 0.846 bits per heavy atom. The normalized spacial score (nSPS) is 11.8. The molecule has 0 bridgehead atoms. The monoisotopic (exact) mass is 409 g/mol. The zero-order valence-electron chi connectivity index (χ0n) is 14.4. The van der Waals surface area contributed by atoms with E-state index in [1.807, 2.05) is 84.9 Å². The van der Waals surface area contributed by atoms with Crippen LogP contribution >= 0.6 is 15.9 Å². The first kappa shape index (κ1) is 18.2. The third kappa shape index (κ3) is 4.73. The number of carbonyl (C=O) groups excluding carboxylic acids is 1. The van der Waals surface area contributed by atoms with Gasteiger partial charge in [0.05, 0.1) is 6.04 Å². The van der Waals surface area contributed by atoms with Crippen LogP contribution in [0.3, 0.4) is 0 Å². The van der Waals surface area contributed by atoms with Crippen molar-refractivity contribution in [2.45, 2.75) is 19.1 Å². The van der Waals surface area contributed by atoms with Crippen molar-refractivity contribution in [3.05, 3.63) is 101 Å². The Morgan fingerprint density at radius 3 is 1.85 bits per heavy atom. The van der Waals surface area contributed by atoms with E-state index in [2.05, 4.69) is 21.2 Å². The van der Waals surface area contributed by atoms with E-state index in [1.165, 1.54) is 0 Å². The molecule has 0 aliphatic rings. The molecule has 0 fully saturated rings. The minimum Gasteiger partial charge on any atom is -0.481 e. The highest BCUT2D eigenvalue weighted by Gasteiger charge is 2.21. The maximum absolute atomic E-state index is 12.7. The summed E-state index contributed by atoms with van der Waals surface area (Å²) in [5.41, 5.74) is 2.06. The van der Waals surface area contributed by atoms with Crippen LogP contribution in [-0.4, -0.2) is 12.0 Å². The van der Waals surface area contributed by atoms with Gasteiger partial charge >= 0.3 is 0 Å². The van der Waals surface area contributed by atoms with Gasteiger partial charge in [0.2, 0.25) is 0 Å². The summed E-state index contributed by atoms with van der Waals surface area (Å²) in [6.45, 7) is 1.75. The average molecular weight is 410 g/mol. The topological polar surface area (TPSA) is 38.3 Å². The van der Waals surface area contributed by atoms with E-state index in [0.717, 1.165) is 15.6 Å². The second kappa shape index (κ2) is 8.68. The molecule has 0 aliphatic carbocycles. The molecule has 26 heavy (non-hydrogen) atoms. The Morgan fingerprint density at radius 2 is 1.35 bits per heavy atom. The summed E-state index contributed by atoms with van der Waals surface area (Å²) in [5, 5.41) is 3.11. The lowest BCUT2D eigenvalue weighted by Gasteiger charge is -2.22. The van der Waals surface area contributed by atoms with Crippen molar-refractivity contribution in [1.82, 2.24) is 5.32 Å². The Labute approximate surface area is 162 Å². The van der Waals surface area contributed by atoms with Gasteiger partial charge in [0, 0.05) is 4.47 Å². The fraction of sp³-hybridized carbons (Fsp3) is 0.136. The Bertz CT molecular complexity index is 796. The number of benzene rings is 3.